The van der Waals surface area contributed by atoms with Crippen LogP contribution >= 0.6 is 0 Å². The first kappa shape index (κ1) is 13.2. The van der Waals surface area contributed by atoms with Gasteiger partial charge in [0.2, 0.25) is 0 Å². The Morgan fingerprint density at radius 3 is 2.58 bits per heavy atom. The van der Waals surface area contributed by atoms with E-state index in [9.17, 15) is 0 Å². The molecular weight excluding hydrogens is 238 g/mol. The highest BCUT2D eigenvalue weighted by Crippen LogP contribution is 2.20. The van der Waals surface area contributed by atoms with Crippen molar-refractivity contribution in [3.63, 3.8) is 0 Å². The van der Waals surface area contributed by atoms with E-state index in [0.29, 0.717) is 5.69 Å². The molecule has 2 aromatic rings. The molecule has 0 aliphatic heterocycles. The third-order valence-corrected chi connectivity index (χ3v) is 3.13. The van der Waals surface area contributed by atoms with Gasteiger partial charge in [-0.05, 0) is 30.2 Å². The highest BCUT2D eigenvalue weighted by atomic mass is 16.5. The van der Waals surface area contributed by atoms with Crippen LogP contribution in [0.25, 0.3) is 0 Å². The standard InChI is InChI=1S/C15H19N3O/c1-18(15-7-9-17-11-14(15)16)10-8-12-3-5-13(19-2)6-4-12/h3-7,9,11H,8,10,16H2,1-2H3. The van der Waals surface area contributed by atoms with Crippen LogP contribution in [0, 0.1) is 0 Å². The number of hydrogen-bond acceptors (Lipinski definition) is 4. The molecule has 19 heavy (non-hydrogen) atoms. The van der Waals surface area contributed by atoms with Crippen molar-refractivity contribution in [3.8, 4) is 5.75 Å². The summed E-state index contributed by atoms with van der Waals surface area (Å²) in [6.07, 6.45) is 4.40. The number of ether oxygens (including phenoxy) is 1. The molecule has 1 aromatic carbocycles. The van der Waals surface area contributed by atoms with E-state index in [0.717, 1.165) is 24.4 Å². The number of benzene rings is 1. The van der Waals surface area contributed by atoms with Gasteiger partial charge in [0, 0.05) is 19.8 Å². The Balaban J connectivity index is 1.96. The molecule has 0 saturated heterocycles. The number of likely N-dealkylation sites (N-methyl/N-ethyl adjacent to an activating group) is 1. The van der Waals surface area contributed by atoms with Crippen LogP contribution in [0.3, 0.4) is 0 Å². The lowest BCUT2D eigenvalue weighted by Gasteiger charge is -2.20. The van der Waals surface area contributed by atoms with Gasteiger partial charge in [0.1, 0.15) is 5.75 Å². The lowest BCUT2D eigenvalue weighted by atomic mass is 10.1. The van der Waals surface area contributed by atoms with Crippen LogP contribution in [0.15, 0.2) is 42.7 Å². The third-order valence-electron chi connectivity index (χ3n) is 3.13. The van der Waals surface area contributed by atoms with Gasteiger partial charge in [-0.1, -0.05) is 12.1 Å². The molecule has 100 valence electrons. The summed E-state index contributed by atoms with van der Waals surface area (Å²) in [6, 6.07) is 10.1. The molecule has 0 amide bonds. The summed E-state index contributed by atoms with van der Waals surface area (Å²) in [5, 5.41) is 0. The number of methoxy groups -OCH3 is 1. The molecule has 0 atom stereocenters. The summed E-state index contributed by atoms with van der Waals surface area (Å²) >= 11 is 0. The maximum absolute atomic E-state index is 5.91. The number of anilines is 2. The van der Waals surface area contributed by atoms with Gasteiger partial charge in [0.15, 0.2) is 0 Å². The molecule has 0 aliphatic carbocycles. The Bertz CT molecular complexity index is 525. The second kappa shape index (κ2) is 6.09. The molecule has 0 radical (unpaired) electrons. The van der Waals surface area contributed by atoms with E-state index in [-0.39, 0.29) is 0 Å². The summed E-state index contributed by atoms with van der Waals surface area (Å²) in [7, 11) is 3.71. The quantitative estimate of drug-likeness (QED) is 0.893. The monoisotopic (exact) mass is 257 g/mol. The van der Waals surface area contributed by atoms with Crippen molar-refractivity contribution in [2.45, 2.75) is 6.42 Å². The molecule has 2 rings (SSSR count). The molecule has 1 heterocycles. The maximum atomic E-state index is 5.91. The molecule has 1 aromatic heterocycles. The SMILES string of the molecule is COc1ccc(CCN(C)c2ccncc2N)cc1. The molecule has 0 unspecified atom stereocenters. The normalized spacial score (nSPS) is 10.2. The van der Waals surface area contributed by atoms with E-state index in [1.165, 1.54) is 5.56 Å². The Labute approximate surface area is 113 Å². The van der Waals surface area contributed by atoms with E-state index in [2.05, 4.69) is 22.0 Å². The number of nitrogens with zero attached hydrogens (tertiary/aromatic N) is 2. The first-order chi connectivity index (χ1) is 9.20. The molecule has 2 N–H and O–H groups in total. The minimum absolute atomic E-state index is 0.708. The van der Waals surface area contributed by atoms with Crippen molar-refractivity contribution in [1.82, 2.24) is 4.98 Å². The lowest BCUT2D eigenvalue weighted by Crippen LogP contribution is -2.21. The molecule has 0 saturated carbocycles. The first-order valence-electron chi connectivity index (χ1n) is 6.24. The first-order valence-corrected chi connectivity index (χ1v) is 6.24. The van der Waals surface area contributed by atoms with Crippen LogP contribution in [-0.4, -0.2) is 25.7 Å². The van der Waals surface area contributed by atoms with E-state index < -0.39 is 0 Å². The van der Waals surface area contributed by atoms with Crippen LogP contribution in [0.1, 0.15) is 5.56 Å². The van der Waals surface area contributed by atoms with Crippen molar-refractivity contribution in [3.05, 3.63) is 48.3 Å². The molecule has 0 bridgehead atoms. The fourth-order valence-corrected chi connectivity index (χ4v) is 1.96. The fourth-order valence-electron chi connectivity index (χ4n) is 1.96. The molecule has 0 spiro atoms. The van der Waals surface area contributed by atoms with Crippen LogP contribution in [0.2, 0.25) is 0 Å². The fraction of sp³-hybridized carbons (Fsp3) is 0.267. The van der Waals surface area contributed by atoms with Crippen LogP contribution in [-0.2, 0) is 6.42 Å². The van der Waals surface area contributed by atoms with E-state index in [1.807, 2.05) is 25.2 Å². The summed E-state index contributed by atoms with van der Waals surface area (Å²) in [5.74, 6) is 0.885. The Morgan fingerprint density at radius 2 is 1.95 bits per heavy atom. The maximum Gasteiger partial charge on any atom is 0.118 e. The second-order valence-corrected chi connectivity index (χ2v) is 4.45. The lowest BCUT2D eigenvalue weighted by molar-refractivity contribution is 0.414. The van der Waals surface area contributed by atoms with E-state index >= 15 is 0 Å². The van der Waals surface area contributed by atoms with Gasteiger partial charge in [-0.25, -0.2) is 0 Å². The largest absolute Gasteiger partial charge is 0.497 e. The zero-order valence-electron chi connectivity index (χ0n) is 11.3. The van der Waals surface area contributed by atoms with Crippen molar-refractivity contribution < 1.29 is 4.74 Å². The predicted molar refractivity (Wildman–Crippen MR) is 78.6 cm³/mol. The van der Waals surface area contributed by atoms with Gasteiger partial charge >= 0.3 is 0 Å². The zero-order valence-corrected chi connectivity index (χ0v) is 11.3. The van der Waals surface area contributed by atoms with Crippen molar-refractivity contribution >= 4 is 11.4 Å². The van der Waals surface area contributed by atoms with E-state index in [1.54, 1.807) is 19.5 Å². The number of rotatable bonds is 5. The molecule has 0 fully saturated rings. The Morgan fingerprint density at radius 1 is 1.21 bits per heavy atom. The predicted octanol–water partition coefficient (Wildman–Crippen LogP) is 2.35. The van der Waals surface area contributed by atoms with Gasteiger partial charge in [0.05, 0.1) is 24.7 Å². The minimum atomic E-state index is 0.708. The highest BCUT2D eigenvalue weighted by molar-refractivity contribution is 5.65. The van der Waals surface area contributed by atoms with Gasteiger partial charge in [-0.2, -0.15) is 0 Å². The van der Waals surface area contributed by atoms with Gasteiger partial charge in [0.25, 0.3) is 0 Å². The van der Waals surface area contributed by atoms with Gasteiger partial charge < -0.3 is 15.4 Å². The average Bonchev–Trinajstić information content (AvgIpc) is 2.46. The molecular formula is C15H19N3O. The Kier molecular flexibility index (Phi) is 4.23. The number of nitrogens with two attached hydrogens (primary N) is 1. The minimum Gasteiger partial charge on any atom is -0.497 e. The molecule has 4 heteroatoms. The summed E-state index contributed by atoms with van der Waals surface area (Å²) < 4.78 is 5.15. The smallest absolute Gasteiger partial charge is 0.118 e. The number of hydrogen-bond donors (Lipinski definition) is 1. The van der Waals surface area contributed by atoms with Crippen molar-refractivity contribution in [2.24, 2.45) is 0 Å². The number of pyridine rings is 1. The van der Waals surface area contributed by atoms with Crippen molar-refractivity contribution in [2.75, 3.05) is 31.3 Å². The third kappa shape index (κ3) is 3.37. The van der Waals surface area contributed by atoms with Crippen LogP contribution < -0.4 is 15.4 Å². The van der Waals surface area contributed by atoms with Crippen LogP contribution in [0.5, 0.6) is 5.75 Å². The van der Waals surface area contributed by atoms with Crippen molar-refractivity contribution in [1.29, 1.82) is 0 Å². The van der Waals surface area contributed by atoms with Gasteiger partial charge in [-0.3, -0.25) is 4.98 Å². The summed E-state index contributed by atoms with van der Waals surface area (Å²) in [6.45, 7) is 0.903. The molecule has 0 aliphatic rings. The molecule has 4 nitrogen and oxygen atoms in total. The van der Waals surface area contributed by atoms with Crippen LogP contribution in [0.4, 0.5) is 11.4 Å². The zero-order chi connectivity index (χ0) is 13.7. The van der Waals surface area contributed by atoms with Gasteiger partial charge in [-0.15, -0.1) is 0 Å². The summed E-state index contributed by atoms with van der Waals surface area (Å²) in [5.41, 5.74) is 8.91. The average molecular weight is 257 g/mol. The second-order valence-electron chi connectivity index (χ2n) is 4.45. The topological polar surface area (TPSA) is 51.4 Å². The van der Waals surface area contributed by atoms with E-state index in [4.69, 9.17) is 10.5 Å². The Hall–Kier alpha value is -2.23. The summed E-state index contributed by atoms with van der Waals surface area (Å²) in [4.78, 5) is 6.14. The highest BCUT2D eigenvalue weighted by Gasteiger charge is 2.05. The number of nitrogen functional groups attached to an aromatic ring is 1. The number of aromatic nitrogens is 1.